The van der Waals surface area contributed by atoms with E-state index in [9.17, 15) is 0 Å². The van der Waals surface area contributed by atoms with Crippen LogP contribution in [-0.2, 0) is 12.8 Å². The van der Waals surface area contributed by atoms with Crippen molar-refractivity contribution < 1.29 is 0 Å². The van der Waals surface area contributed by atoms with Crippen LogP contribution in [0.3, 0.4) is 0 Å². The molecule has 3 aliphatic carbocycles. The number of aromatic nitrogens is 2. The molecule has 2 heteroatoms. The molecule has 0 N–H and O–H groups in total. The van der Waals surface area contributed by atoms with Crippen molar-refractivity contribution >= 4 is 0 Å². The van der Waals surface area contributed by atoms with Gasteiger partial charge in [0.25, 0.3) is 0 Å². The smallest absolute Gasteiger partial charge is 0.0744 e. The lowest BCUT2D eigenvalue weighted by Crippen LogP contribution is -2.23. The number of hydrogen-bond acceptors (Lipinski definition) is 2. The molecule has 0 saturated carbocycles. The monoisotopic (exact) mass is 438 g/mol. The Balaban J connectivity index is 1.57. The molecule has 3 aliphatic rings. The first-order valence-electron chi connectivity index (χ1n) is 12.2. The normalized spacial score (nSPS) is 22.1. The number of allylic oxidation sites excluding steroid dienone is 4. The van der Waals surface area contributed by atoms with E-state index < -0.39 is 0 Å². The molecule has 4 aromatic rings. The van der Waals surface area contributed by atoms with Gasteiger partial charge in [0.15, 0.2) is 0 Å². The fourth-order valence-electron chi connectivity index (χ4n) is 6.56. The summed E-state index contributed by atoms with van der Waals surface area (Å²) in [5, 5.41) is 0. The summed E-state index contributed by atoms with van der Waals surface area (Å²) in [6.07, 6.45) is 10.7. The van der Waals surface area contributed by atoms with Crippen molar-refractivity contribution in [1.82, 2.24) is 9.97 Å². The lowest BCUT2D eigenvalue weighted by molar-refractivity contribution is 0.730. The van der Waals surface area contributed by atoms with Crippen LogP contribution < -0.4 is 0 Å². The molecule has 0 amide bonds. The Morgan fingerprint density at radius 2 is 1.09 bits per heavy atom. The largest absolute Gasteiger partial charge is 0.257 e. The van der Waals surface area contributed by atoms with Gasteiger partial charge in [-0.3, -0.25) is 9.97 Å². The summed E-state index contributed by atoms with van der Waals surface area (Å²) >= 11 is 0. The van der Waals surface area contributed by atoms with Gasteiger partial charge in [-0.25, -0.2) is 0 Å². The van der Waals surface area contributed by atoms with Crippen molar-refractivity contribution in [2.45, 2.75) is 37.5 Å². The number of benzene rings is 3. The predicted molar refractivity (Wildman–Crippen MR) is 136 cm³/mol. The molecule has 164 valence electrons. The zero-order valence-electron chi connectivity index (χ0n) is 19.3. The lowest BCUT2D eigenvalue weighted by atomic mass is 9.66. The third kappa shape index (κ3) is 2.88. The molecule has 3 aromatic carbocycles. The molecule has 2 nitrogen and oxygen atoms in total. The van der Waals surface area contributed by atoms with Crippen LogP contribution in [0.15, 0.2) is 108 Å². The molecule has 0 bridgehead atoms. The molecule has 2 atom stereocenters. The first-order valence-corrected chi connectivity index (χ1v) is 12.2. The van der Waals surface area contributed by atoms with Gasteiger partial charge >= 0.3 is 0 Å². The summed E-state index contributed by atoms with van der Waals surface area (Å²) in [4.78, 5) is 10.1. The SMILES string of the molecule is Cc1cc2c3c(c1)CC=C1C3C(=CC2)C(c2ccccc2)c2nccnc2C1c1ccccc1. The van der Waals surface area contributed by atoms with E-state index in [0.717, 1.165) is 24.2 Å². The highest BCUT2D eigenvalue weighted by molar-refractivity contribution is 5.64. The third-order valence-corrected chi connectivity index (χ3v) is 7.80. The lowest BCUT2D eigenvalue weighted by Gasteiger charge is -2.37. The molecule has 0 fully saturated rings. The molecular formula is C32H26N2. The van der Waals surface area contributed by atoms with E-state index in [1.165, 1.54) is 44.5 Å². The molecule has 0 radical (unpaired) electrons. The maximum atomic E-state index is 5.03. The van der Waals surface area contributed by atoms with E-state index in [1.54, 1.807) is 0 Å². The number of hydrogen-bond donors (Lipinski definition) is 0. The van der Waals surface area contributed by atoms with Gasteiger partial charge in [0.2, 0.25) is 0 Å². The van der Waals surface area contributed by atoms with Crippen molar-refractivity contribution in [3.8, 4) is 0 Å². The number of fused-ring (bicyclic) bond motifs is 1. The van der Waals surface area contributed by atoms with E-state index in [2.05, 4.69) is 91.9 Å². The van der Waals surface area contributed by atoms with Gasteiger partial charge in [0.1, 0.15) is 0 Å². The zero-order chi connectivity index (χ0) is 22.6. The van der Waals surface area contributed by atoms with Gasteiger partial charge in [-0.1, -0.05) is 90.5 Å². The Hall–Kier alpha value is -3.78. The quantitative estimate of drug-likeness (QED) is 0.321. The Bertz CT molecular complexity index is 1360. The molecule has 0 saturated heterocycles. The van der Waals surface area contributed by atoms with Crippen LogP contribution in [-0.4, -0.2) is 9.97 Å². The highest BCUT2D eigenvalue weighted by Gasteiger charge is 2.44. The summed E-state index contributed by atoms with van der Waals surface area (Å²) in [5.74, 6) is 0.472. The summed E-state index contributed by atoms with van der Waals surface area (Å²) in [6, 6.07) is 26.6. The van der Waals surface area contributed by atoms with Gasteiger partial charge in [-0.05, 0) is 58.7 Å². The molecular weight excluding hydrogens is 412 g/mol. The van der Waals surface area contributed by atoms with Crippen LogP contribution in [0.2, 0.25) is 0 Å². The zero-order valence-corrected chi connectivity index (χ0v) is 19.3. The molecule has 2 unspecified atom stereocenters. The van der Waals surface area contributed by atoms with Crippen LogP contribution in [0, 0.1) is 6.92 Å². The average molecular weight is 439 g/mol. The van der Waals surface area contributed by atoms with Crippen LogP contribution in [0.25, 0.3) is 0 Å². The van der Waals surface area contributed by atoms with Gasteiger partial charge in [-0.15, -0.1) is 0 Å². The van der Waals surface area contributed by atoms with Crippen molar-refractivity contribution in [3.05, 3.63) is 153 Å². The summed E-state index contributed by atoms with van der Waals surface area (Å²) < 4.78 is 0. The first-order chi connectivity index (χ1) is 16.8. The van der Waals surface area contributed by atoms with E-state index >= 15 is 0 Å². The highest BCUT2D eigenvalue weighted by atomic mass is 14.8. The Labute approximate surface area is 200 Å². The second kappa shape index (κ2) is 7.63. The Morgan fingerprint density at radius 1 is 0.618 bits per heavy atom. The molecule has 34 heavy (non-hydrogen) atoms. The second-order valence-electron chi connectivity index (χ2n) is 9.76. The number of nitrogens with zero attached hydrogens (tertiary/aromatic N) is 2. The predicted octanol–water partition coefficient (Wildman–Crippen LogP) is 6.81. The van der Waals surface area contributed by atoms with Gasteiger partial charge < -0.3 is 0 Å². The fourth-order valence-corrected chi connectivity index (χ4v) is 6.56. The minimum atomic E-state index is 0.104. The maximum absolute atomic E-state index is 5.03. The molecule has 0 spiro atoms. The first kappa shape index (κ1) is 19.7. The van der Waals surface area contributed by atoms with Crippen molar-refractivity contribution in [2.75, 3.05) is 0 Å². The second-order valence-corrected chi connectivity index (χ2v) is 9.76. The minimum Gasteiger partial charge on any atom is -0.257 e. The van der Waals surface area contributed by atoms with E-state index in [-0.39, 0.29) is 17.8 Å². The van der Waals surface area contributed by atoms with E-state index in [4.69, 9.17) is 9.97 Å². The van der Waals surface area contributed by atoms with Crippen molar-refractivity contribution in [3.63, 3.8) is 0 Å². The van der Waals surface area contributed by atoms with Gasteiger partial charge in [0, 0.05) is 18.3 Å². The summed E-state index contributed by atoms with van der Waals surface area (Å²) in [6.45, 7) is 2.23. The molecule has 1 heterocycles. The van der Waals surface area contributed by atoms with Crippen LogP contribution >= 0.6 is 0 Å². The third-order valence-electron chi connectivity index (χ3n) is 7.80. The summed E-state index contributed by atoms with van der Waals surface area (Å²) in [5.41, 5.74) is 13.6. The molecule has 7 rings (SSSR count). The Morgan fingerprint density at radius 3 is 1.56 bits per heavy atom. The van der Waals surface area contributed by atoms with Crippen molar-refractivity contribution in [1.29, 1.82) is 0 Å². The molecule has 0 aliphatic heterocycles. The van der Waals surface area contributed by atoms with Gasteiger partial charge in [0.05, 0.1) is 23.2 Å². The number of aryl methyl sites for hydroxylation is 1. The maximum Gasteiger partial charge on any atom is 0.0744 e. The van der Waals surface area contributed by atoms with Crippen molar-refractivity contribution in [2.24, 2.45) is 0 Å². The summed E-state index contributed by atoms with van der Waals surface area (Å²) in [7, 11) is 0. The molecule has 1 aromatic heterocycles. The standard InChI is InChI=1S/C32H26N2/c1-20-18-23-12-14-25-28(21-8-4-2-5-9-21)31-32(34-17-16-33-31)29(22-10-6-3-7-11-22)26-15-13-24(19-20)27(23)30(25)26/h2-11,14-19,28-30H,12-13H2,1H3. The fraction of sp³-hybridized carbons (Fsp3) is 0.188. The minimum absolute atomic E-state index is 0.104. The average Bonchev–Trinajstić information content (AvgIpc) is 3.01. The van der Waals surface area contributed by atoms with E-state index in [0.29, 0.717) is 0 Å². The van der Waals surface area contributed by atoms with Crippen LogP contribution in [0.1, 0.15) is 62.5 Å². The van der Waals surface area contributed by atoms with E-state index in [1.807, 2.05) is 12.4 Å². The number of rotatable bonds is 2. The Kier molecular flexibility index (Phi) is 4.41. The topological polar surface area (TPSA) is 25.8 Å². The van der Waals surface area contributed by atoms with Gasteiger partial charge in [-0.2, -0.15) is 0 Å². The van der Waals surface area contributed by atoms with Crippen LogP contribution in [0.5, 0.6) is 0 Å². The highest BCUT2D eigenvalue weighted by Crippen LogP contribution is 2.57. The van der Waals surface area contributed by atoms with Crippen LogP contribution in [0.4, 0.5) is 0 Å².